The lowest BCUT2D eigenvalue weighted by molar-refractivity contribution is -0.114. The minimum absolute atomic E-state index is 0.127. The van der Waals surface area contributed by atoms with E-state index in [-0.39, 0.29) is 23.2 Å². The average molecular weight is 468 g/mol. The number of hydrogen-bond donors (Lipinski definition) is 1. The lowest BCUT2D eigenvalue weighted by Crippen LogP contribution is -2.14. The number of benzene rings is 3. The van der Waals surface area contributed by atoms with E-state index in [1.54, 1.807) is 0 Å². The van der Waals surface area contributed by atoms with Crippen LogP contribution in [0.5, 0.6) is 0 Å². The minimum atomic E-state index is -0.548. The number of amides is 1. The van der Waals surface area contributed by atoms with E-state index >= 15 is 0 Å². The van der Waals surface area contributed by atoms with Crippen LogP contribution in [-0.2, 0) is 27.1 Å². The highest BCUT2D eigenvalue weighted by molar-refractivity contribution is 6.09. The second-order valence-electron chi connectivity index (χ2n) is 8.42. The summed E-state index contributed by atoms with van der Waals surface area (Å²) in [6.07, 6.45) is 2.00. The summed E-state index contributed by atoms with van der Waals surface area (Å²) in [5.74, 6) is -0.0506. The number of carbonyl (C=O) groups is 2. The number of furan rings is 1. The summed E-state index contributed by atoms with van der Waals surface area (Å²) in [6, 6.07) is 23.3. The van der Waals surface area contributed by atoms with E-state index in [0.717, 1.165) is 33.3 Å². The number of hydrogen-bond acceptors (Lipinski definition) is 5. The molecule has 1 atom stereocenters. The second-order valence-corrected chi connectivity index (χ2v) is 8.42. The van der Waals surface area contributed by atoms with E-state index in [2.05, 4.69) is 5.32 Å². The van der Waals surface area contributed by atoms with E-state index in [1.807, 2.05) is 79.7 Å². The highest BCUT2D eigenvalue weighted by atomic mass is 16.7. The van der Waals surface area contributed by atoms with Crippen molar-refractivity contribution in [2.45, 2.75) is 33.0 Å². The first-order chi connectivity index (χ1) is 17.0. The molecule has 1 amide bonds. The quantitative estimate of drug-likeness (QED) is 0.325. The van der Waals surface area contributed by atoms with Crippen molar-refractivity contribution >= 4 is 28.3 Å². The molecule has 0 aliphatic carbocycles. The molecule has 1 aliphatic heterocycles. The van der Waals surface area contributed by atoms with Gasteiger partial charge in [-0.1, -0.05) is 61.5 Å². The van der Waals surface area contributed by atoms with Crippen LogP contribution in [0.1, 0.15) is 35.5 Å². The van der Waals surface area contributed by atoms with Crippen LogP contribution in [0.2, 0.25) is 0 Å². The summed E-state index contributed by atoms with van der Waals surface area (Å²) in [4.78, 5) is 24.7. The van der Waals surface area contributed by atoms with Crippen molar-refractivity contribution in [1.82, 2.24) is 0 Å². The van der Waals surface area contributed by atoms with Gasteiger partial charge in [0.25, 0.3) is 5.78 Å². The molecule has 0 saturated heterocycles. The molecular formula is C29H25NO5. The van der Waals surface area contributed by atoms with Crippen molar-refractivity contribution in [3.8, 4) is 11.1 Å². The Morgan fingerprint density at radius 3 is 2.51 bits per heavy atom. The fourth-order valence-corrected chi connectivity index (χ4v) is 4.29. The predicted octanol–water partition coefficient (Wildman–Crippen LogP) is 6.26. The number of ether oxygens (including phenoxy) is 2. The topological polar surface area (TPSA) is 77.8 Å². The lowest BCUT2D eigenvalue weighted by Gasteiger charge is -2.11. The van der Waals surface area contributed by atoms with E-state index < -0.39 is 6.29 Å². The van der Waals surface area contributed by atoms with Crippen LogP contribution < -0.4 is 5.32 Å². The number of aryl methyl sites for hydroxylation is 1. The number of carbonyl (C=O) groups excluding carboxylic acids is 2. The average Bonchev–Trinajstić information content (AvgIpc) is 3.48. The van der Waals surface area contributed by atoms with Gasteiger partial charge in [-0.15, -0.1) is 0 Å². The maximum Gasteiger partial charge on any atom is 0.266 e. The third-order valence-corrected chi connectivity index (χ3v) is 5.92. The van der Waals surface area contributed by atoms with Crippen molar-refractivity contribution in [2.75, 3.05) is 5.32 Å². The lowest BCUT2D eigenvalue weighted by atomic mass is 10.0. The summed E-state index contributed by atoms with van der Waals surface area (Å²) in [6.45, 7) is 3.47. The fraction of sp³-hybridized carbons (Fsp3) is 0.172. The summed E-state index contributed by atoms with van der Waals surface area (Å²) in [7, 11) is 0. The Kier molecular flexibility index (Phi) is 6.10. The van der Waals surface area contributed by atoms with Gasteiger partial charge in [0.1, 0.15) is 11.8 Å². The number of fused-ring (bicyclic) bond motifs is 1. The molecule has 0 fully saturated rings. The van der Waals surface area contributed by atoms with Gasteiger partial charge in [-0.25, -0.2) is 0 Å². The Morgan fingerprint density at radius 1 is 0.943 bits per heavy atom. The normalized spacial score (nSPS) is 14.8. The Morgan fingerprint density at radius 2 is 1.74 bits per heavy atom. The molecule has 1 N–H and O–H groups in total. The molecule has 6 heteroatoms. The van der Waals surface area contributed by atoms with Gasteiger partial charge >= 0.3 is 0 Å². The zero-order valence-corrected chi connectivity index (χ0v) is 19.5. The number of anilines is 1. The highest BCUT2D eigenvalue weighted by Crippen LogP contribution is 2.33. The standard InChI is InChI=1S/C29H25NO5/c1-3-23-24-13-12-21(20-10-7-11-22(15-20)30-18(2)31)16-25(24)35-29(23)28(32)26-17-33-27(34-26)14-19-8-5-4-6-9-19/h4-13,15-17,27H,3,14H2,1-2H3,(H,30,31). The van der Waals surface area contributed by atoms with E-state index in [4.69, 9.17) is 13.9 Å². The first-order valence-corrected chi connectivity index (χ1v) is 11.6. The number of Topliss-reactive ketones (excluding diaryl/α,β-unsaturated/α-hetero) is 1. The van der Waals surface area contributed by atoms with Gasteiger partial charge in [0.2, 0.25) is 18.0 Å². The van der Waals surface area contributed by atoms with Gasteiger partial charge < -0.3 is 19.2 Å². The van der Waals surface area contributed by atoms with Crippen LogP contribution in [-0.4, -0.2) is 18.0 Å². The second kappa shape index (κ2) is 9.50. The molecule has 5 rings (SSSR count). The highest BCUT2D eigenvalue weighted by Gasteiger charge is 2.30. The van der Waals surface area contributed by atoms with Crippen molar-refractivity contribution in [3.63, 3.8) is 0 Å². The van der Waals surface area contributed by atoms with E-state index in [1.165, 1.54) is 13.2 Å². The Labute approximate surface area is 203 Å². The van der Waals surface area contributed by atoms with E-state index in [0.29, 0.717) is 18.4 Å². The molecule has 0 saturated carbocycles. The summed E-state index contributed by atoms with van der Waals surface area (Å²) in [5.41, 5.74) is 5.08. The SMILES string of the molecule is CCc1c(C(=O)C2=COC(Cc3ccccc3)O2)oc2cc(-c3cccc(NC(C)=O)c3)ccc12. The zero-order valence-electron chi connectivity index (χ0n) is 19.5. The molecule has 0 bridgehead atoms. The minimum Gasteiger partial charge on any atom is -0.458 e. The van der Waals surface area contributed by atoms with Crippen LogP contribution >= 0.6 is 0 Å². The Hall–Kier alpha value is -4.32. The van der Waals surface area contributed by atoms with Crippen molar-refractivity contribution < 1.29 is 23.5 Å². The number of nitrogens with one attached hydrogen (secondary N) is 1. The van der Waals surface area contributed by atoms with Crippen LogP contribution in [0.15, 0.2) is 89.2 Å². The molecule has 3 aromatic carbocycles. The molecule has 2 heterocycles. The van der Waals surface area contributed by atoms with Crippen molar-refractivity contribution in [2.24, 2.45) is 0 Å². The summed E-state index contributed by atoms with van der Waals surface area (Å²) < 4.78 is 17.5. The molecule has 1 aliphatic rings. The number of ketones is 1. The van der Waals surface area contributed by atoms with Crippen LogP contribution in [0, 0.1) is 0 Å². The van der Waals surface area contributed by atoms with Crippen molar-refractivity contribution in [3.05, 3.63) is 102 Å². The third kappa shape index (κ3) is 4.68. The molecule has 4 aromatic rings. The molecular weight excluding hydrogens is 442 g/mol. The summed E-state index contributed by atoms with van der Waals surface area (Å²) >= 11 is 0. The predicted molar refractivity (Wildman–Crippen MR) is 134 cm³/mol. The monoisotopic (exact) mass is 467 g/mol. The van der Waals surface area contributed by atoms with Crippen LogP contribution in [0.25, 0.3) is 22.1 Å². The van der Waals surface area contributed by atoms with Gasteiger partial charge in [-0.05, 0) is 41.3 Å². The first kappa shape index (κ1) is 22.5. The largest absolute Gasteiger partial charge is 0.458 e. The smallest absolute Gasteiger partial charge is 0.266 e. The van der Waals surface area contributed by atoms with Crippen molar-refractivity contribution in [1.29, 1.82) is 0 Å². The molecule has 1 unspecified atom stereocenters. The summed E-state index contributed by atoms with van der Waals surface area (Å²) in [5, 5.41) is 3.69. The molecule has 0 spiro atoms. The van der Waals surface area contributed by atoms with Gasteiger partial charge in [0.05, 0.1) is 0 Å². The van der Waals surface area contributed by atoms with Gasteiger partial charge in [0, 0.05) is 30.0 Å². The van der Waals surface area contributed by atoms with Crippen LogP contribution in [0.4, 0.5) is 5.69 Å². The Bertz CT molecular complexity index is 1430. The van der Waals surface area contributed by atoms with Gasteiger partial charge in [-0.3, -0.25) is 9.59 Å². The molecule has 0 radical (unpaired) electrons. The van der Waals surface area contributed by atoms with E-state index in [9.17, 15) is 9.59 Å². The number of allylic oxidation sites excluding steroid dienone is 1. The van der Waals surface area contributed by atoms with Gasteiger partial charge in [0.15, 0.2) is 5.76 Å². The molecule has 35 heavy (non-hydrogen) atoms. The first-order valence-electron chi connectivity index (χ1n) is 11.6. The zero-order chi connectivity index (χ0) is 24.4. The maximum atomic E-state index is 13.3. The number of rotatable bonds is 7. The van der Waals surface area contributed by atoms with Crippen LogP contribution in [0.3, 0.4) is 0 Å². The molecule has 6 nitrogen and oxygen atoms in total. The fourth-order valence-electron chi connectivity index (χ4n) is 4.29. The third-order valence-electron chi connectivity index (χ3n) is 5.92. The molecule has 1 aromatic heterocycles. The van der Waals surface area contributed by atoms with Gasteiger partial charge in [-0.2, -0.15) is 0 Å². The maximum absolute atomic E-state index is 13.3. The Balaban J connectivity index is 1.40. The molecule has 176 valence electrons.